The first kappa shape index (κ1) is 22.8. The van der Waals surface area contributed by atoms with E-state index in [9.17, 15) is 18.3 Å². The SMILES string of the molecule is O=C(CS(=O)(=O)Cc1ccco1)NCC(O)=CCc1cc(CC2CC=CCN2)ccn1. The summed E-state index contributed by atoms with van der Waals surface area (Å²) in [6, 6.07) is 7.52. The van der Waals surface area contributed by atoms with E-state index in [0.717, 1.165) is 25.1 Å². The van der Waals surface area contributed by atoms with Crippen LogP contribution in [-0.4, -0.2) is 49.3 Å². The number of aliphatic hydroxyl groups is 1. The van der Waals surface area contributed by atoms with Crippen molar-refractivity contribution >= 4 is 15.7 Å². The van der Waals surface area contributed by atoms with Gasteiger partial charge in [0.05, 0.1) is 12.8 Å². The summed E-state index contributed by atoms with van der Waals surface area (Å²) in [7, 11) is -3.65. The van der Waals surface area contributed by atoms with Crippen LogP contribution in [0.3, 0.4) is 0 Å². The fraction of sp³-hybridized carbons (Fsp3) is 0.364. The summed E-state index contributed by atoms with van der Waals surface area (Å²) >= 11 is 0. The highest BCUT2D eigenvalue weighted by Gasteiger charge is 2.18. The molecule has 0 fully saturated rings. The van der Waals surface area contributed by atoms with Crippen LogP contribution in [0.1, 0.15) is 23.4 Å². The van der Waals surface area contributed by atoms with E-state index in [2.05, 4.69) is 27.8 Å². The number of rotatable bonds is 10. The summed E-state index contributed by atoms with van der Waals surface area (Å²) in [5.74, 6) is -1.47. The lowest BCUT2D eigenvalue weighted by Crippen LogP contribution is -2.33. The number of sulfone groups is 1. The molecule has 0 aromatic carbocycles. The maximum absolute atomic E-state index is 12.0. The molecule has 8 nitrogen and oxygen atoms in total. The van der Waals surface area contributed by atoms with E-state index >= 15 is 0 Å². The molecule has 166 valence electrons. The molecule has 9 heteroatoms. The quantitative estimate of drug-likeness (QED) is 0.377. The smallest absolute Gasteiger partial charge is 0.235 e. The van der Waals surface area contributed by atoms with Crippen LogP contribution in [0.2, 0.25) is 0 Å². The van der Waals surface area contributed by atoms with Crippen LogP contribution in [0.5, 0.6) is 0 Å². The molecule has 3 heterocycles. The van der Waals surface area contributed by atoms with Crippen molar-refractivity contribution < 1.29 is 22.7 Å². The predicted octanol–water partition coefficient (Wildman–Crippen LogP) is 1.85. The van der Waals surface area contributed by atoms with Crippen LogP contribution in [-0.2, 0) is 33.2 Å². The molecular formula is C22H27N3O5S. The molecule has 2 aromatic rings. The Hall–Kier alpha value is -2.91. The second-order valence-electron chi connectivity index (χ2n) is 7.46. The number of hydrogen-bond donors (Lipinski definition) is 3. The number of carbonyl (C=O) groups excluding carboxylic acids is 1. The number of aromatic nitrogens is 1. The van der Waals surface area contributed by atoms with E-state index in [1.54, 1.807) is 18.3 Å². The zero-order valence-electron chi connectivity index (χ0n) is 17.2. The molecular weight excluding hydrogens is 418 g/mol. The Morgan fingerprint density at radius 1 is 1.35 bits per heavy atom. The zero-order chi connectivity index (χ0) is 22.1. The van der Waals surface area contributed by atoms with Crippen molar-refractivity contribution in [1.29, 1.82) is 0 Å². The number of nitrogens with one attached hydrogen (secondary N) is 2. The summed E-state index contributed by atoms with van der Waals surface area (Å²) in [6.07, 6.45) is 11.3. The Bertz CT molecular complexity index is 1030. The first-order valence-corrected chi connectivity index (χ1v) is 11.9. The number of amides is 1. The standard InChI is InChI=1S/C22H27N3O5S/c26-20(14-25-22(27)16-31(28,29)15-21-5-3-11-30-21)7-6-19-13-17(8-10-24-19)12-18-4-1-2-9-23-18/h1-3,5,7-8,10-11,13,18,23,26H,4,6,9,12,14-16H2,(H,25,27). The maximum Gasteiger partial charge on any atom is 0.235 e. The number of carbonyl (C=O) groups is 1. The Kier molecular flexibility index (Phi) is 8.02. The van der Waals surface area contributed by atoms with Gasteiger partial charge in [-0.1, -0.05) is 12.2 Å². The third kappa shape index (κ3) is 8.03. The van der Waals surface area contributed by atoms with Crippen molar-refractivity contribution in [2.75, 3.05) is 18.8 Å². The first-order valence-electron chi connectivity index (χ1n) is 10.1. The number of hydrogen-bond acceptors (Lipinski definition) is 7. The van der Waals surface area contributed by atoms with Gasteiger partial charge >= 0.3 is 0 Å². The van der Waals surface area contributed by atoms with Gasteiger partial charge in [-0.15, -0.1) is 0 Å². The lowest BCUT2D eigenvalue weighted by Gasteiger charge is -2.19. The van der Waals surface area contributed by atoms with E-state index in [1.807, 2.05) is 12.1 Å². The Labute approximate surface area is 182 Å². The largest absolute Gasteiger partial charge is 0.511 e. The van der Waals surface area contributed by atoms with Gasteiger partial charge in [0.1, 0.15) is 23.0 Å². The van der Waals surface area contributed by atoms with Gasteiger partial charge in [0.15, 0.2) is 9.84 Å². The monoisotopic (exact) mass is 445 g/mol. The van der Waals surface area contributed by atoms with Gasteiger partial charge in [-0.2, -0.15) is 0 Å². The van der Waals surface area contributed by atoms with Crippen molar-refractivity contribution in [2.24, 2.45) is 0 Å². The molecule has 1 aliphatic rings. The average molecular weight is 446 g/mol. The molecule has 1 aliphatic heterocycles. The number of nitrogens with zero attached hydrogens (tertiary/aromatic N) is 1. The Morgan fingerprint density at radius 3 is 2.97 bits per heavy atom. The molecule has 3 N–H and O–H groups in total. The Morgan fingerprint density at radius 2 is 2.23 bits per heavy atom. The highest BCUT2D eigenvalue weighted by atomic mass is 32.2. The molecule has 0 radical (unpaired) electrons. The molecule has 0 spiro atoms. The van der Waals surface area contributed by atoms with E-state index in [4.69, 9.17) is 4.42 Å². The minimum atomic E-state index is -3.65. The normalized spacial score (nSPS) is 16.9. The molecule has 2 aromatic heterocycles. The van der Waals surface area contributed by atoms with Gasteiger partial charge in [0, 0.05) is 30.9 Å². The van der Waals surface area contributed by atoms with Gasteiger partial charge < -0.3 is 20.2 Å². The summed E-state index contributed by atoms with van der Waals surface area (Å²) in [5, 5.41) is 15.9. The molecule has 1 amide bonds. The van der Waals surface area contributed by atoms with Gasteiger partial charge in [0.25, 0.3) is 0 Å². The van der Waals surface area contributed by atoms with Gasteiger partial charge in [-0.25, -0.2) is 8.42 Å². The molecule has 1 unspecified atom stereocenters. The minimum Gasteiger partial charge on any atom is -0.511 e. The number of aliphatic hydroxyl groups excluding tert-OH is 1. The molecule has 0 aliphatic carbocycles. The molecule has 31 heavy (non-hydrogen) atoms. The summed E-state index contributed by atoms with van der Waals surface area (Å²) in [6.45, 7) is 0.738. The zero-order valence-corrected chi connectivity index (χ0v) is 18.0. The van der Waals surface area contributed by atoms with Gasteiger partial charge in [-0.3, -0.25) is 9.78 Å². The van der Waals surface area contributed by atoms with E-state index in [0.29, 0.717) is 12.5 Å². The second-order valence-corrected chi connectivity index (χ2v) is 9.52. The van der Waals surface area contributed by atoms with Crippen molar-refractivity contribution in [3.63, 3.8) is 0 Å². The lowest BCUT2D eigenvalue weighted by atomic mass is 10.0. The summed E-state index contributed by atoms with van der Waals surface area (Å²) in [5.41, 5.74) is 1.98. The van der Waals surface area contributed by atoms with Crippen LogP contribution in [0.25, 0.3) is 0 Å². The third-order valence-electron chi connectivity index (χ3n) is 4.78. The van der Waals surface area contributed by atoms with E-state index in [1.165, 1.54) is 17.9 Å². The Balaban J connectivity index is 1.44. The topological polar surface area (TPSA) is 122 Å². The summed E-state index contributed by atoms with van der Waals surface area (Å²) < 4.78 is 29.0. The van der Waals surface area contributed by atoms with Crippen LogP contribution in [0.15, 0.2) is 65.1 Å². The molecule has 0 bridgehead atoms. The van der Waals surface area contributed by atoms with Gasteiger partial charge in [-0.05, 0) is 48.7 Å². The first-order chi connectivity index (χ1) is 14.9. The highest BCUT2D eigenvalue weighted by Crippen LogP contribution is 2.11. The minimum absolute atomic E-state index is 0.0527. The number of pyridine rings is 1. The second kappa shape index (κ2) is 10.9. The van der Waals surface area contributed by atoms with Crippen LogP contribution in [0, 0.1) is 0 Å². The van der Waals surface area contributed by atoms with Crippen molar-refractivity contribution in [2.45, 2.75) is 31.1 Å². The van der Waals surface area contributed by atoms with Crippen molar-refractivity contribution in [1.82, 2.24) is 15.6 Å². The number of furan rings is 1. The molecule has 3 rings (SSSR count). The molecule has 1 atom stereocenters. The maximum atomic E-state index is 12.0. The lowest BCUT2D eigenvalue weighted by molar-refractivity contribution is -0.118. The predicted molar refractivity (Wildman–Crippen MR) is 117 cm³/mol. The third-order valence-corrected chi connectivity index (χ3v) is 6.21. The van der Waals surface area contributed by atoms with Crippen LogP contribution in [0.4, 0.5) is 0 Å². The van der Waals surface area contributed by atoms with Crippen LogP contribution < -0.4 is 10.6 Å². The fourth-order valence-electron chi connectivity index (χ4n) is 3.27. The van der Waals surface area contributed by atoms with E-state index in [-0.39, 0.29) is 23.8 Å². The van der Waals surface area contributed by atoms with E-state index < -0.39 is 21.5 Å². The highest BCUT2D eigenvalue weighted by molar-refractivity contribution is 7.91. The molecule has 0 saturated carbocycles. The number of allylic oxidation sites excluding steroid dienone is 1. The summed E-state index contributed by atoms with van der Waals surface area (Å²) in [4.78, 5) is 16.2. The van der Waals surface area contributed by atoms with Crippen molar-refractivity contribution in [3.8, 4) is 0 Å². The van der Waals surface area contributed by atoms with Crippen LogP contribution >= 0.6 is 0 Å². The fourth-order valence-corrected chi connectivity index (χ4v) is 4.47. The van der Waals surface area contributed by atoms with Crippen molar-refractivity contribution in [3.05, 3.63) is 77.7 Å². The van der Waals surface area contributed by atoms with Gasteiger partial charge in [0.2, 0.25) is 5.91 Å². The molecule has 0 saturated heterocycles. The average Bonchev–Trinajstić information content (AvgIpc) is 3.23.